The van der Waals surface area contributed by atoms with Crippen molar-refractivity contribution < 1.29 is 22.7 Å². The van der Waals surface area contributed by atoms with Crippen LogP contribution in [0.15, 0.2) is 24.3 Å². The fourth-order valence-corrected chi connectivity index (χ4v) is 3.78. The van der Waals surface area contributed by atoms with E-state index in [1.165, 1.54) is 12.1 Å². The van der Waals surface area contributed by atoms with Crippen LogP contribution >= 0.6 is 11.6 Å². The minimum absolute atomic E-state index is 0.0325. The molecule has 2 N–H and O–H groups in total. The largest absolute Gasteiger partial charge is 0.573 e. The highest BCUT2D eigenvalue weighted by atomic mass is 35.5. The van der Waals surface area contributed by atoms with Crippen molar-refractivity contribution in [2.45, 2.75) is 51.1 Å². The third-order valence-corrected chi connectivity index (χ3v) is 5.41. The zero-order valence-corrected chi connectivity index (χ0v) is 18.7. The number of nitrogens with zero attached hydrogens (tertiary/aromatic N) is 3. The Kier molecular flexibility index (Phi) is 7.33. The summed E-state index contributed by atoms with van der Waals surface area (Å²) in [6, 6.07) is 5.56. The second-order valence-corrected chi connectivity index (χ2v) is 8.32. The van der Waals surface area contributed by atoms with Gasteiger partial charge in [0.1, 0.15) is 23.2 Å². The van der Waals surface area contributed by atoms with E-state index < -0.39 is 12.1 Å². The number of alkyl halides is 3. The van der Waals surface area contributed by atoms with Crippen molar-refractivity contribution in [1.29, 1.82) is 0 Å². The van der Waals surface area contributed by atoms with Gasteiger partial charge in [0.15, 0.2) is 0 Å². The van der Waals surface area contributed by atoms with Crippen molar-refractivity contribution in [2.75, 3.05) is 24.3 Å². The van der Waals surface area contributed by atoms with Crippen LogP contribution in [0.5, 0.6) is 5.75 Å². The van der Waals surface area contributed by atoms with Gasteiger partial charge in [0.25, 0.3) is 5.91 Å². The van der Waals surface area contributed by atoms with Gasteiger partial charge in [-0.3, -0.25) is 4.79 Å². The first-order valence-electron chi connectivity index (χ1n) is 10.2. The van der Waals surface area contributed by atoms with Crippen LogP contribution in [-0.4, -0.2) is 48.4 Å². The summed E-state index contributed by atoms with van der Waals surface area (Å²) in [6.45, 7) is 1.85. The van der Waals surface area contributed by atoms with Crippen LogP contribution in [0.1, 0.15) is 41.9 Å². The maximum atomic E-state index is 12.5. The van der Waals surface area contributed by atoms with Gasteiger partial charge >= 0.3 is 6.36 Å². The number of aromatic nitrogens is 2. The fraction of sp³-hybridized carbons (Fsp3) is 0.476. The molecule has 1 aliphatic carbocycles. The molecular weight excluding hydrogens is 447 g/mol. The van der Waals surface area contributed by atoms with Crippen LogP contribution in [-0.2, 0) is 0 Å². The normalized spacial score (nSPS) is 18.7. The summed E-state index contributed by atoms with van der Waals surface area (Å²) < 4.78 is 40.9. The van der Waals surface area contributed by atoms with Gasteiger partial charge in [0.05, 0.1) is 5.02 Å². The van der Waals surface area contributed by atoms with E-state index in [-0.39, 0.29) is 28.6 Å². The lowest BCUT2D eigenvalue weighted by Crippen LogP contribution is -2.40. The smallest absolute Gasteiger partial charge is 0.404 e. The Morgan fingerprint density at radius 2 is 1.78 bits per heavy atom. The molecule has 0 unspecified atom stereocenters. The Morgan fingerprint density at radius 1 is 1.12 bits per heavy atom. The van der Waals surface area contributed by atoms with E-state index in [1.54, 1.807) is 0 Å². The van der Waals surface area contributed by atoms with Crippen molar-refractivity contribution in [2.24, 2.45) is 0 Å². The van der Waals surface area contributed by atoms with Gasteiger partial charge in [0.2, 0.25) is 0 Å². The molecule has 1 aromatic heterocycles. The Bertz CT molecular complexity index is 963. The number of halogens is 4. The SMILES string of the molecule is Cc1nc(N[C@H]2CC[C@@H](NC(=O)c3ccc(OC(F)(F)F)c(Cl)c3)CC2)cc(N(C)C)n1. The molecule has 0 spiro atoms. The van der Waals surface area contributed by atoms with E-state index in [2.05, 4.69) is 25.3 Å². The van der Waals surface area contributed by atoms with Crippen LogP contribution in [0.4, 0.5) is 24.8 Å². The molecule has 1 aromatic carbocycles. The number of aryl methyl sites for hydroxylation is 1. The van der Waals surface area contributed by atoms with Gasteiger partial charge in [-0.15, -0.1) is 13.2 Å². The predicted octanol–water partition coefficient (Wildman–Crippen LogP) is 4.56. The monoisotopic (exact) mass is 471 g/mol. The third kappa shape index (κ3) is 6.62. The minimum Gasteiger partial charge on any atom is -0.404 e. The molecule has 1 heterocycles. The van der Waals surface area contributed by atoms with E-state index >= 15 is 0 Å². The summed E-state index contributed by atoms with van der Waals surface area (Å²) in [6.07, 6.45) is -1.65. The summed E-state index contributed by atoms with van der Waals surface area (Å²) in [5, 5.41) is 6.09. The molecule has 174 valence electrons. The highest BCUT2D eigenvalue weighted by Crippen LogP contribution is 2.31. The van der Waals surface area contributed by atoms with Crippen molar-refractivity contribution in [3.05, 3.63) is 40.7 Å². The Hall–Kier alpha value is -2.75. The third-order valence-electron chi connectivity index (χ3n) is 5.12. The molecule has 2 aromatic rings. The van der Waals surface area contributed by atoms with E-state index in [4.69, 9.17) is 11.6 Å². The number of anilines is 2. The number of carbonyl (C=O) groups is 1. The molecule has 11 heteroatoms. The van der Waals surface area contributed by atoms with Crippen molar-refractivity contribution in [3.8, 4) is 5.75 Å². The second kappa shape index (κ2) is 9.81. The first-order chi connectivity index (χ1) is 15.0. The van der Waals surface area contributed by atoms with Crippen LogP contribution in [0.2, 0.25) is 5.02 Å². The second-order valence-electron chi connectivity index (χ2n) is 7.91. The number of hydrogen-bond donors (Lipinski definition) is 2. The van der Waals surface area contributed by atoms with E-state index in [1.807, 2.05) is 32.0 Å². The molecule has 3 rings (SSSR count). The number of hydrogen-bond acceptors (Lipinski definition) is 6. The molecule has 1 amide bonds. The van der Waals surface area contributed by atoms with Gasteiger partial charge in [0, 0.05) is 37.8 Å². The average molecular weight is 472 g/mol. The van der Waals surface area contributed by atoms with Crippen LogP contribution in [0, 0.1) is 6.92 Å². The molecule has 0 bridgehead atoms. The number of nitrogens with one attached hydrogen (secondary N) is 2. The Labute approximate surface area is 189 Å². The van der Waals surface area contributed by atoms with Crippen molar-refractivity contribution in [1.82, 2.24) is 15.3 Å². The summed E-state index contributed by atoms with van der Waals surface area (Å²) in [7, 11) is 3.84. The quantitative estimate of drug-likeness (QED) is 0.643. The number of rotatable bonds is 6. The van der Waals surface area contributed by atoms with Gasteiger partial charge in [-0.2, -0.15) is 0 Å². The molecule has 0 aliphatic heterocycles. The van der Waals surface area contributed by atoms with Gasteiger partial charge in [-0.05, 0) is 50.8 Å². The first-order valence-corrected chi connectivity index (χ1v) is 10.5. The molecule has 1 fully saturated rings. The molecule has 1 saturated carbocycles. The summed E-state index contributed by atoms with van der Waals surface area (Å²) >= 11 is 5.83. The van der Waals surface area contributed by atoms with Crippen LogP contribution in [0.25, 0.3) is 0 Å². The van der Waals surface area contributed by atoms with Crippen LogP contribution < -0.4 is 20.3 Å². The highest BCUT2D eigenvalue weighted by molar-refractivity contribution is 6.32. The number of benzene rings is 1. The lowest BCUT2D eigenvalue weighted by atomic mass is 9.91. The minimum atomic E-state index is -4.85. The average Bonchev–Trinajstić information content (AvgIpc) is 2.69. The standard InChI is InChI=1S/C21H25ClF3N5O2/c1-12-26-18(11-19(27-12)30(2)3)28-14-5-7-15(8-6-14)29-20(31)13-4-9-17(16(22)10-13)32-21(23,24)25/h4,9-11,14-15H,5-8H2,1-3H3,(H,29,31)(H,26,27,28)/t14-,15+. The molecule has 0 saturated heterocycles. The number of ether oxygens (including phenoxy) is 1. The maximum Gasteiger partial charge on any atom is 0.573 e. The first kappa shape index (κ1) is 23.9. The van der Waals surface area contributed by atoms with Crippen LogP contribution in [0.3, 0.4) is 0 Å². The van der Waals surface area contributed by atoms with Gasteiger partial charge < -0.3 is 20.3 Å². The van der Waals surface area contributed by atoms with Gasteiger partial charge in [-0.25, -0.2) is 9.97 Å². The summed E-state index contributed by atoms with van der Waals surface area (Å²) in [5.41, 5.74) is 0.178. The zero-order valence-electron chi connectivity index (χ0n) is 18.0. The zero-order chi connectivity index (χ0) is 23.5. The number of carbonyl (C=O) groups excluding carboxylic acids is 1. The van der Waals surface area contributed by atoms with Gasteiger partial charge in [-0.1, -0.05) is 11.6 Å². The predicted molar refractivity (Wildman–Crippen MR) is 116 cm³/mol. The molecule has 1 aliphatic rings. The molecule has 0 atom stereocenters. The van der Waals surface area contributed by atoms with E-state index in [0.29, 0.717) is 5.82 Å². The Morgan fingerprint density at radius 3 is 2.38 bits per heavy atom. The van der Waals surface area contributed by atoms with E-state index in [0.717, 1.165) is 43.4 Å². The fourth-order valence-electron chi connectivity index (χ4n) is 3.56. The molecule has 0 radical (unpaired) electrons. The topological polar surface area (TPSA) is 79.4 Å². The van der Waals surface area contributed by atoms with Crippen molar-refractivity contribution in [3.63, 3.8) is 0 Å². The maximum absolute atomic E-state index is 12.5. The molecular formula is C21H25ClF3N5O2. The lowest BCUT2D eigenvalue weighted by molar-refractivity contribution is -0.274. The highest BCUT2D eigenvalue weighted by Gasteiger charge is 2.32. The summed E-state index contributed by atoms with van der Waals surface area (Å²) in [5.74, 6) is 1.35. The molecule has 7 nitrogen and oxygen atoms in total. The number of amides is 1. The van der Waals surface area contributed by atoms with Crippen molar-refractivity contribution >= 4 is 29.1 Å². The lowest BCUT2D eigenvalue weighted by Gasteiger charge is -2.30. The molecule has 32 heavy (non-hydrogen) atoms. The van der Waals surface area contributed by atoms with E-state index in [9.17, 15) is 18.0 Å². The Balaban J connectivity index is 1.53. The summed E-state index contributed by atoms with van der Waals surface area (Å²) in [4.78, 5) is 23.2.